The van der Waals surface area contributed by atoms with Gasteiger partial charge in [0, 0.05) is 13.0 Å². The number of anilines is 1. The third kappa shape index (κ3) is 2.13. The Hall–Kier alpha value is -1.89. The van der Waals surface area contributed by atoms with Crippen molar-refractivity contribution in [2.24, 2.45) is 0 Å². The summed E-state index contributed by atoms with van der Waals surface area (Å²) < 4.78 is 0. The van der Waals surface area contributed by atoms with E-state index in [0.29, 0.717) is 18.7 Å². The van der Waals surface area contributed by atoms with Gasteiger partial charge in [-0.1, -0.05) is 6.07 Å². The molecule has 1 aliphatic heterocycles. The van der Waals surface area contributed by atoms with Gasteiger partial charge in [-0.05, 0) is 18.6 Å². The minimum atomic E-state index is 0.241. The minimum Gasteiger partial charge on any atom is -0.349 e. The first-order chi connectivity index (χ1) is 7.29. The third-order valence-corrected chi connectivity index (χ3v) is 2.42. The van der Waals surface area contributed by atoms with Gasteiger partial charge in [-0.3, -0.25) is 4.79 Å². The largest absolute Gasteiger partial charge is 0.349 e. The Kier molecular flexibility index (Phi) is 2.64. The third-order valence-electron chi connectivity index (χ3n) is 2.42. The summed E-state index contributed by atoms with van der Waals surface area (Å²) in [7, 11) is 0. The maximum atomic E-state index is 11.3. The van der Waals surface area contributed by atoms with E-state index in [0.717, 1.165) is 18.8 Å². The Morgan fingerprint density at radius 3 is 3.07 bits per heavy atom. The summed E-state index contributed by atoms with van der Waals surface area (Å²) in [5, 5.41) is 8.71. The molecule has 0 spiro atoms. The summed E-state index contributed by atoms with van der Waals surface area (Å²) in [5.74, 6) is 0.965. The number of Topliss-reactive ketones (excluding diaryl/α,β-unsaturated/α-hetero) is 1. The first-order valence-electron chi connectivity index (χ1n) is 4.93. The first kappa shape index (κ1) is 9.66. The molecule has 1 fully saturated rings. The number of hydrogen-bond donors (Lipinski definition) is 0. The SMILES string of the molecule is N#Cc1cccc(N2CCCC(=O)C2)n1. The van der Waals surface area contributed by atoms with Crippen molar-refractivity contribution in [3.8, 4) is 6.07 Å². The zero-order valence-corrected chi connectivity index (χ0v) is 8.31. The van der Waals surface area contributed by atoms with Gasteiger partial charge in [0.2, 0.25) is 0 Å². The molecular weight excluding hydrogens is 190 g/mol. The standard InChI is InChI=1S/C11H11N3O/c12-7-9-3-1-5-11(13-9)14-6-2-4-10(15)8-14/h1,3,5H,2,4,6,8H2. The van der Waals surface area contributed by atoms with Crippen LogP contribution in [0.25, 0.3) is 0 Å². The molecule has 76 valence electrons. The van der Waals surface area contributed by atoms with E-state index in [1.165, 1.54) is 0 Å². The molecule has 2 rings (SSSR count). The van der Waals surface area contributed by atoms with Crippen LogP contribution in [0.1, 0.15) is 18.5 Å². The second-order valence-corrected chi connectivity index (χ2v) is 3.56. The van der Waals surface area contributed by atoms with Crippen molar-refractivity contribution in [2.45, 2.75) is 12.8 Å². The van der Waals surface area contributed by atoms with Crippen molar-refractivity contribution in [3.05, 3.63) is 23.9 Å². The van der Waals surface area contributed by atoms with Crippen LogP contribution in [0.5, 0.6) is 0 Å². The molecule has 2 heterocycles. The fraction of sp³-hybridized carbons (Fsp3) is 0.364. The lowest BCUT2D eigenvalue weighted by Gasteiger charge is -2.26. The molecule has 0 saturated carbocycles. The Morgan fingerprint density at radius 2 is 2.33 bits per heavy atom. The highest BCUT2D eigenvalue weighted by atomic mass is 16.1. The lowest BCUT2D eigenvalue weighted by atomic mass is 10.1. The van der Waals surface area contributed by atoms with Gasteiger partial charge in [0.1, 0.15) is 17.6 Å². The molecule has 0 aliphatic carbocycles. The summed E-state index contributed by atoms with van der Waals surface area (Å²) in [6.07, 6.45) is 1.53. The lowest BCUT2D eigenvalue weighted by molar-refractivity contribution is -0.118. The van der Waals surface area contributed by atoms with Crippen LogP contribution in [0.3, 0.4) is 0 Å². The quantitative estimate of drug-likeness (QED) is 0.683. The molecule has 4 heteroatoms. The first-order valence-corrected chi connectivity index (χ1v) is 4.93. The van der Waals surface area contributed by atoms with E-state index in [9.17, 15) is 4.79 Å². The molecule has 0 atom stereocenters. The highest BCUT2D eigenvalue weighted by molar-refractivity contribution is 5.84. The maximum Gasteiger partial charge on any atom is 0.152 e. The summed E-state index contributed by atoms with van der Waals surface area (Å²) >= 11 is 0. The molecule has 1 aromatic rings. The number of carbonyl (C=O) groups is 1. The van der Waals surface area contributed by atoms with E-state index in [1.807, 2.05) is 17.0 Å². The van der Waals surface area contributed by atoms with Gasteiger partial charge in [-0.25, -0.2) is 4.98 Å². The molecule has 0 aromatic carbocycles. The van der Waals surface area contributed by atoms with E-state index in [1.54, 1.807) is 12.1 Å². The zero-order valence-electron chi connectivity index (χ0n) is 8.31. The number of nitriles is 1. The summed E-state index contributed by atoms with van der Waals surface area (Å²) in [6, 6.07) is 7.28. The van der Waals surface area contributed by atoms with E-state index >= 15 is 0 Å². The second-order valence-electron chi connectivity index (χ2n) is 3.56. The van der Waals surface area contributed by atoms with Crippen LogP contribution in [0.2, 0.25) is 0 Å². The molecule has 0 bridgehead atoms. The van der Waals surface area contributed by atoms with Gasteiger partial charge < -0.3 is 4.90 Å². The van der Waals surface area contributed by atoms with E-state index in [4.69, 9.17) is 5.26 Å². The summed E-state index contributed by atoms with van der Waals surface area (Å²) in [4.78, 5) is 17.4. The summed E-state index contributed by atoms with van der Waals surface area (Å²) in [6.45, 7) is 1.26. The van der Waals surface area contributed by atoms with Crippen molar-refractivity contribution in [1.29, 1.82) is 5.26 Å². The topological polar surface area (TPSA) is 57.0 Å². The number of ketones is 1. The molecule has 1 aromatic heterocycles. The van der Waals surface area contributed by atoms with Crippen LogP contribution in [0.15, 0.2) is 18.2 Å². The van der Waals surface area contributed by atoms with Gasteiger partial charge in [0.25, 0.3) is 0 Å². The second kappa shape index (κ2) is 4.09. The van der Waals surface area contributed by atoms with E-state index in [-0.39, 0.29) is 5.78 Å². The average molecular weight is 201 g/mol. The van der Waals surface area contributed by atoms with Crippen LogP contribution >= 0.6 is 0 Å². The Labute approximate surface area is 88.1 Å². The van der Waals surface area contributed by atoms with Gasteiger partial charge in [0.05, 0.1) is 6.54 Å². The predicted octanol–water partition coefficient (Wildman–Crippen LogP) is 1.12. The zero-order chi connectivity index (χ0) is 10.7. The lowest BCUT2D eigenvalue weighted by Crippen LogP contribution is -2.36. The Bertz CT molecular complexity index is 422. The van der Waals surface area contributed by atoms with E-state index in [2.05, 4.69) is 4.98 Å². The van der Waals surface area contributed by atoms with E-state index < -0.39 is 0 Å². The monoisotopic (exact) mass is 201 g/mol. The molecule has 0 unspecified atom stereocenters. The normalized spacial score (nSPS) is 16.2. The number of aromatic nitrogens is 1. The fourth-order valence-corrected chi connectivity index (χ4v) is 1.70. The number of piperidine rings is 1. The van der Waals surface area contributed by atoms with Gasteiger partial charge in [0.15, 0.2) is 5.78 Å². The number of hydrogen-bond acceptors (Lipinski definition) is 4. The van der Waals surface area contributed by atoms with Crippen LogP contribution in [-0.4, -0.2) is 23.9 Å². The number of rotatable bonds is 1. The van der Waals surface area contributed by atoms with Crippen molar-refractivity contribution in [2.75, 3.05) is 18.0 Å². The predicted molar refractivity (Wildman–Crippen MR) is 55.4 cm³/mol. The number of nitrogens with zero attached hydrogens (tertiary/aromatic N) is 3. The van der Waals surface area contributed by atoms with Crippen LogP contribution < -0.4 is 4.90 Å². The van der Waals surface area contributed by atoms with Crippen molar-refractivity contribution in [3.63, 3.8) is 0 Å². The van der Waals surface area contributed by atoms with Gasteiger partial charge in [-0.15, -0.1) is 0 Å². The molecule has 0 N–H and O–H groups in total. The van der Waals surface area contributed by atoms with Crippen LogP contribution in [0.4, 0.5) is 5.82 Å². The molecule has 1 saturated heterocycles. The van der Waals surface area contributed by atoms with Gasteiger partial charge in [-0.2, -0.15) is 5.26 Å². The molecule has 15 heavy (non-hydrogen) atoms. The smallest absolute Gasteiger partial charge is 0.152 e. The Morgan fingerprint density at radius 1 is 1.47 bits per heavy atom. The van der Waals surface area contributed by atoms with Crippen LogP contribution in [0, 0.1) is 11.3 Å². The molecule has 0 radical (unpaired) electrons. The van der Waals surface area contributed by atoms with Crippen molar-refractivity contribution < 1.29 is 4.79 Å². The van der Waals surface area contributed by atoms with Gasteiger partial charge >= 0.3 is 0 Å². The Balaban J connectivity index is 2.21. The highest BCUT2D eigenvalue weighted by Crippen LogP contribution is 2.15. The summed E-state index contributed by atoms with van der Waals surface area (Å²) in [5.41, 5.74) is 0.394. The number of pyridine rings is 1. The molecule has 4 nitrogen and oxygen atoms in total. The molecular formula is C11H11N3O. The molecule has 1 aliphatic rings. The van der Waals surface area contributed by atoms with Crippen LogP contribution in [-0.2, 0) is 4.79 Å². The highest BCUT2D eigenvalue weighted by Gasteiger charge is 2.17. The fourth-order valence-electron chi connectivity index (χ4n) is 1.70. The average Bonchev–Trinajstić information content (AvgIpc) is 2.29. The minimum absolute atomic E-state index is 0.241. The van der Waals surface area contributed by atoms with Crippen molar-refractivity contribution in [1.82, 2.24) is 4.98 Å². The number of carbonyl (C=O) groups excluding carboxylic acids is 1. The van der Waals surface area contributed by atoms with Crippen molar-refractivity contribution >= 4 is 11.6 Å². The maximum absolute atomic E-state index is 11.3. The molecule has 0 amide bonds.